The van der Waals surface area contributed by atoms with Crippen LogP contribution in [-0.2, 0) is 45.8 Å². The Morgan fingerprint density at radius 3 is 1.18 bits per heavy atom. The molecule has 0 fully saturated rings. The van der Waals surface area contributed by atoms with Crippen LogP contribution in [0.25, 0.3) is 89.4 Å². The summed E-state index contributed by atoms with van der Waals surface area (Å²) in [4.78, 5) is 13.8. The summed E-state index contributed by atoms with van der Waals surface area (Å²) in [5.74, 6) is 0. The number of aromatic nitrogens is 3. The molecule has 3 aromatic heterocycles. The molecule has 3 nitrogen and oxygen atoms in total. The average Bonchev–Trinajstić information content (AvgIpc) is 3.45. The largest absolute Gasteiger partial charge is 3.00 e. The minimum Gasteiger partial charge on any atom is -0.305 e. The number of rotatable bonds is 14. The molecular weight excluding hydrogens is 1040 g/mol. The van der Waals surface area contributed by atoms with Crippen molar-refractivity contribution in [3.8, 4) is 89.4 Å². The smallest absolute Gasteiger partial charge is 0.305 e. The van der Waals surface area contributed by atoms with E-state index < -0.39 is 0 Å². The molecule has 11 aromatic rings. The van der Waals surface area contributed by atoms with Crippen LogP contribution < -0.4 is 0 Å². The summed E-state index contributed by atoms with van der Waals surface area (Å²) in [6.45, 7) is 0. The summed E-state index contributed by atoms with van der Waals surface area (Å²) in [5, 5.41) is 0. The molecule has 0 aliphatic heterocycles. The number of nitrogens with zero attached hydrogens (tertiary/aromatic N) is 3. The Balaban J connectivity index is 0.00000582. The van der Waals surface area contributed by atoms with Crippen molar-refractivity contribution in [1.29, 1.82) is 0 Å². The molecule has 0 N–H and O–H groups in total. The quantitative estimate of drug-likeness (QED) is 0.102. The fraction of sp³-hybridized carbons (Fsp3) is 0.0597. The molecule has 0 unspecified atom stereocenters. The van der Waals surface area contributed by atoms with Crippen molar-refractivity contribution in [3.05, 3.63) is 283 Å². The van der Waals surface area contributed by atoms with Crippen LogP contribution in [0.2, 0.25) is 0 Å². The molecule has 0 amide bonds. The third-order valence-electron chi connectivity index (χ3n) is 13.0. The van der Waals surface area contributed by atoms with Crippen LogP contribution in [0.1, 0.15) is 22.3 Å². The zero-order chi connectivity index (χ0) is 46.9. The SMILES string of the molecule is [Ir+3].[c-]1cc(CCc2cc(CCc3c[c-]c(-c4ccccn4)cc3)cc(-c3ccccc3-c3c[c-]c(-c4cc(-c5ccc(-c6ccc(-c7ccccc7)cc6)cc5)ccn4)cc3)c2)ccc1-c1ccccn1. The Labute approximate surface area is 431 Å². The van der Waals surface area contributed by atoms with Gasteiger partial charge in [-0.1, -0.05) is 176 Å². The van der Waals surface area contributed by atoms with Gasteiger partial charge in [0.15, 0.2) is 0 Å². The van der Waals surface area contributed by atoms with Crippen molar-refractivity contribution in [2.24, 2.45) is 0 Å². The molecule has 340 valence electrons. The number of benzene rings is 8. The summed E-state index contributed by atoms with van der Waals surface area (Å²) in [5.41, 5.74) is 22.7. The predicted octanol–water partition coefficient (Wildman–Crippen LogP) is 16.2. The topological polar surface area (TPSA) is 38.7 Å². The van der Waals surface area contributed by atoms with Gasteiger partial charge in [0.25, 0.3) is 0 Å². The Bertz CT molecular complexity index is 3360. The fourth-order valence-electron chi connectivity index (χ4n) is 9.21. The van der Waals surface area contributed by atoms with Gasteiger partial charge in [0.1, 0.15) is 0 Å². The van der Waals surface area contributed by atoms with Gasteiger partial charge >= 0.3 is 20.1 Å². The van der Waals surface area contributed by atoms with E-state index in [4.69, 9.17) is 4.98 Å². The van der Waals surface area contributed by atoms with E-state index in [2.05, 4.69) is 216 Å². The Hall–Kier alpha value is -8.14. The number of hydrogen-bond acceptors (Lipinski definition) is 3. The van der Waals surface area contributed by atoms with Gasteiger partial charge in [-0.25, -0.2) is 0 Å². The van der Waals surface area contributed by atoms with Crippen LogP contribution in [0, 0.1) is 18.2 Å². The van der Waals surface area contributed by atoms with Gasteiger partial charge in [0, 0.05) is 18.6 Å². The van der Waals surface area contributed by atoms with E-state index in [1.54, 1.807) is 0 Å². The average molecular weight is 1090 g/mol. The summed E-state index contributed by atoms with van der Waals surface area (Å²) in [7, 11) is 0. The summed E-state index contributed by atoms with van der Waals surface area (Å²) in [6, 6.07) is 90.2. The van der Waals surface area contributed by atoms with Crippen LogP contribution in [0.15, 0.2) is 243 Å². The standard InChI is InChI=1S/C67H48N3.Ir/c1-2-10-52(11-3-1)53-28-30-54(31-29-53)55-32-34-56(35-33-55)61-40-43-70-67(47-61)60-38-36-57(37-39-60)63-12-4-5-13-64(63)62-45-50(18-16-48-20-24-58(25-21-48)65-14-6-8-41-68-65)44-51(46-62)19-17-49-22-26-59(27-23-49)66-15-7-9-42-69-66;/h1-15,20-24,26,28-38,40-47H,16-19H2;/q-3;+3. The molecule has 4 heteroatoms. The first-order valence-corrected chi connectivity index (χ1v) is 24.0. The summed E-state index contributed by atoms with van der Waals surface area (Å²) < 4.78 is 0. The van der Waals surface area contributed by atoms with Gasteiger partial charge in [0.05, 0.1) is 0 Å². The van der Waals surface area contributed by atoms with E-state index in [1.165, 1.54) is 61.2 Å². The predicted molar refractivity (Wildman–Crippen MR) is 288 cm³/mol. The summed E-state index contributed by atoms with van der Waals surface area (Å²) in [6.07, 6.45) is 9.19. The summed E-state index contributed by atoms with van der Waals surface area (Å²) >= 11 is 0. The zero-order valence-corrected chi connectivity index (χ0v) is 41.5. The minimum atomic E-state index is 0. The first-order valence-electron chi connectivity index (χ1n) is 24.0. The van der Waals surface area contributed by atoms with E-state index in [9.17, 15) is 0 Å². The van der Waals surface area contributed by atoms with Crippen LogP contribution in [0.3, 0.4) is 0 Å². The van der Waals surface area contributed by atoms with Crippen LogP contribution >= 0.6 is 0 Å². The van der Waals surface area contributed by atoms with Gasteiger partial charge in [0.2, 0.25) is 0 Å². The van der Waals surface area contributed by atoms with E-state index in [1.807, 2.05) is 55.0 Å². The van der Waals surface area contributed by atoms with E-state index in [0.29, 0.717) is 0 Å². The van der Waals surface area contributed by atoms with Crippen LogP contribution in [0.5, 0.6) is 0 Å². The molecule has 0 atom stereocenters. The molecule has 71 heavy (non-hydrogen) atoms. The van der Waals surface area contributed by atoms with E-state index in [-0.39, 0.29) is 20.1 Å². The van der Waals surface area contributed by atoms with Gasteiger partial charge in [-0.15, -0.1) is 101 Å². The molecule has 0 bridgehead atoms. The van der Waals surface area contributed by atoms with Crippen LogP contribution in [-0.4, -0.2) is 15.0 Å². The molecule has 0 radical (unpaired) electrons. The van der Waals surface area contributed by atoms with Gasteiger partial charge in [-0.05, 0) is 104 Å². The van der Waals surface area contributed by atoms with Crippen molar-refractivity contribution in [3.63, 3.8) is 0 Å². The Morgan fingerprint density at radius 2 is 0.690 bits per heavy atom. The molecule has 0 spiro atoms. The first kappa shape index (κ1) is 46.6. The van der Waals surface area contributed by atoms with Crippen molar-refractivity contribution in [1.82, 2.24) is 15.0 Å². The first-order chi connectivity index (χ1) is 34.6. The van der Waals surface area contributed by atoms with Crippen molar-refractivity contribution >= 4 is 0 Å². The van der Waals surface area contributed by atoms with Crippen molar-refractivity contribution in [2.75, 3.05) is 0 Å². The third-order valence-corrected chi connectivity index (χ3v) is 13.0. The molecule has 3 heterocycles. The molecule has 0 saturated carbocycles. The molecular formula is C67H48IrN3. The van der Waals surface area contributed by atoms with Crippen molar-refractivity contribution in [2.45, 2.75) is 25.7 Å². The maximum Gasteiger partial charge on any atom is 3.00 e. The molecule has 0 aliphatic carbocycles. The van der Waals surface area contributed by atoms with Gasteiger partial charge in [-0.3, -0.25) is 0 Å². The number of hydrogen-bond donors (Lipinski definition) is 0. The van der Waals surface area contributed by atoms with Crippen LogP contribution in [0.4, 0.5) is 0 Å². The monoisotopic (exact) mass is 1090 g/mol. The number of pyridine rings is 3. The van der Waals surface area contributed by atoms with Crippen molar-refractivity contribution < 1.29 is 20.1 Å². The van der Waals surface area contributed by atoms with E-state index >= 15 is 0 Å². The zero-order valence-electron chi connectivity index (χ0n) is 39.1. The molecule has 11 rings (SSSR count). The number of aryl methyl sites for hydroxylation is 4. The molecule has 0 saturated heterocycles. The maximum atomic E-state index is 4.79. The fourth-order valence-corrected chi connectivity index (χ4v) is 9.21. The third kappa shape index (κ3) is 11.2. The van der Waals surface area contributed by atoms with Gasteiger partial charge < -0.3 is 15.0 Å². The Morgan fingerprint density at radius 1 is 0.268 bits per heavy atom. The second-order valence-corrected chi connectivity index (χ2v) is 17.7. The second-order valence-electron chi connectivity index (χ2n) is 17.7. The minimum absolute atomic E-state index is 0. The maximum absolute atomic E-state index is 4.79. The normalized spacial score (nSPS) is 10.9. The molecule has 8 aromatic carbocycles. The Kier molecular flexibility index (Phi) is 14.5. The second kappa shape index (κ2) is 22.1. The van der Waals surface area contributed by atoms with Gasteiger partial charge in [-0.2, -0.15) is 0 Å². The van der Waals surface area contributed by atoms with E-state index in [0.717, 1.165) is 76.1 Å². The molecule has 0 aliphatic rings.